The average molecular weight is 260 g/mol. The summed E-state index contributed by atoms with van der Waals surface area (Å²) in [6, 6.07) is 6.16. The van der Waals surface area contributed by atoms with Crippen molar-refractivity contribution in [2.45, 2.75) is 12.8 Å². The number of piperazine rings is 1. The molecule has 3 N–H and O–H groups in total. The van der Waals surface area contributed by atoms with Gasteiger partial charge in [0.2, 0.25) is 0 Å². The van der Waals surface area contributed by atoms with Gasteiger partial charge in [-0.15, -0.1) is 0 Å². The fraction of sp³-hybridized carbons (Fsp3) is 0.500. The van der Waals surface area contributed by atoms with Gasteiger partial charge >= 0.3 is 5.69 Å². The number of imidazole rings is 1. The lowest BCUT2D eigenvalue weighted by atomic mass is 10.1. The molecule has 3 rings (SSSR count). The minimum absolute atomic E-state index is 0.132. The lowest BCUT2D eigenvalue weighted by molar-refractivity contribution is 0.238. The maximum Gasteiger partial charge on any atom is 0.323 e. The van der Waals surface area contributed by atoms with Gasteiger partial charge in [-0.05, 0) is 37.1 Å². The van der Waals surface area contributed by atoms with E-state index in [1.165, 1.54) is 12.0 Å². The van der Waals surface area contributed by atoms with E-state index in [9.17, 15) is 4.79 Å². The van der Waals surface area contributed by atoms with Crippen LogP contribution in [-0.4, -0.2) is 47.6 Å². The van der Waals surface area contributed by atoms with Gasteiger partial charge in [0.05, 0.1) is 11.0 Å². The van der Waals surface area contributed by atoms with Crippen molar-refractivity contribution < 1.29 is 0 Å². The van der Waals surface area contributed by atoms with Crippen LogP contribution in [0.2, 0.25) is 0 Å². The largest absolute Gasteiger partial charge is 0.323 e. The van der Waals surface area contributed by atoms with Gasteiger partial charge in [0.25, 0.3) is 0 Å². The Morgan fingerprint density at radius 1 is 1.11 bits per heavy atom. The summed E-state index contributed by atoms with van der Waals surface area (Å²) < 4.78 is 0. The Morgan fingerprint density at radius 3 is 2.74 bits per heavy atom. The van der Waals surface area contributed by atoms with Crippen molar-refractivity contribution in [3.63, 3.8) is 0 Å². The Kier molecular flexibility index (Phi) is 3.66. The Hall–Kier alpha value is -1.59. The molecule has 0 radical (unpaired) electrons. The summed E-state index contributed by atoms with van der Waals surface area (Å²) in [5.41, 5.74) is 2.95. The van der Waals surface area contributed by atoms with E-state index >= 15 is 0 Å². The van der Waals surface area contributed by atoms with Gasteiger partial charge in [-0.1, -0.05) is 6.07 Å². The number of H-pyrrole nitrogens is 2. The highest BCUT2D eigenvalue weighted by molar-refractivity contribution is 5.74. The van der Waals surface area contributed by atoms with E-state index in [1.807, 2.05) is 6.07 Å². The number of aromatic nitrogens is 2. The highest BCUT2D eigenvalue weighted by Gasteiger charge is 2.08. The first-order chi connectivity index (χ1) is 9.31. The molecule has 0 bridgehead atoms. The summed E-state index contributed by atoms with van der Waals surface area (Å²) in [6.45, 7) is 5.69. The van der Waals surface area contributed by atoms with Gasteiger partial charge in [0.15, 0.2) is 0 Å². The van der Waals surface area contributed by atoms with Gasteiger partial charge < -0.3 is 20.2 Å². The quantitative estimate of drug-likeness (QED) is 0.758. The molecule has 0 unspecified atom stereocenters. The smallest absolute Gasteiger partial charge is 0.314 e. The number of nitrogens with zero attached hydrogens (tertiary/aromatic N) is 1. The van der Waals surface area contributed by atoms with Gasteiger partial charge in [0, 0.05) is 26.2 Å². The normalized spacial score (nSPS) is 17.1. The maximum atomic E-state index is 11.2. The molecular weight excluding hydrogens is 240 g/mol. The summed E-state index contributed by atoms with van der Waals surface area (Å²) in [5, 5.41) is 3.37. The van der Waals surface area contributed by atoms with Gasteiger partial charge in [-0.2, -0.15) is 0 Å². The summed E-state index contributed by atoms with van der Waals surface area (Å²) in [7, 11) is 0. The topological polar surface area (TPSA) is 63.9 Å². The van der Waals surface area contributed by atoms with Crippen LogP contribution in [0.3, 0.4) is 0 Å². The molecule has 1 fully saturated rings. The third-order valence-electron chi connectivity index (χ3n) is 3.73. The van der Waals surface area contributed by atoms with Gasteiger partial charge in [-0.3, -0.25) is 0 Å². The number of nitrogens with one attached hydrogen (secondary N) is 3. The van der Waals surface area contributed by atoms with Crippen LogP contribution in [0.25, 0.3) is 11.0 Å². The SMILES string of the molecule is O=c1[nH]c2ccc(CCCN3CCNCC3)cc2[nH]1. The predicted molar refractivity (Wildman–Crippen MR) is 76.6 cm³/mol. The molecule has 102 valence electrons. The molecule has 5 nitrogen and oxygen atoms in total. The molecule has 2 aromatic rings. The second-order valence-corrected chi connectivity index (χ2v) is 5.15. The molecule has 19 heavy (non-hydrogen) atoms. The molecule has 1 aromatic carbocycles. The van der Waals surface area contributed by atoms with Crippen molar-refractivity contribution >= 4 is 11.0 Å². The van der Waals surface area contributed by atoms with Gasteiger partial charge in [0.1, 0.15) is 0 Å². The van der Waals surface area contributed by atoms with Crippen LogP contribution in [0.5, 0.6) is 0 Å². The summed E-state index contributed by atoms with van der Waals surface area (Å²) in [5.74, 6) is 0. The van der Waals surface area contributed by atoms with Crippen molar-refractivity contribution in [2.24, 2.45) is 0 Å². The summed E-state index contributed by atoms with van der Waals surface area (Å²) in [6.07, 6.45) is 2.23. The monoisotopic (exact) mass is 260 g/mol. The van der Waals surface area contributed by atoms with Crippen molar-refractivity contribution in [2.75, 3.05) is 32.7 Å². The standard InChI is InChI=1S/C14H20N4O/c19-14-16-12-4-3-11(10-13(12)17-14)2-1-7-18-8-5-15-6-9-18/h3-4,10,15H,1-2,5-9H2,(H2,16,17,19). The van der Waals surface area contributed by atoms with Crippen molar-refractivity contribution in [3.8, 4) is 0 Å². The number of fused-ring (bicyclic) bond motifs is 1. The molecule has 1 aromatic heterocycles. The molecular formula is C14H20N4O. The summed E-state index contributed by atoms with van der Waals surface area (Å²) >= 11 is 0. The lowest BCUT2D eigenvalue weighted by Crippen LogP contribution is -2.43. The van der Waals surface area contributed by atoms with E-state index in [-0.39, 0.29) is 5.69 Å². The van der Waals surface area contributed by atoms with E-state index in [2.05, 4.69) is 32.3 Å². The zero-order valence-corrected chi connectivity index (χ0v) is 11.0. The lowest BCUT2D eigenvalue weighted by Gasteiger charge is -2.27. The average Bonchev–Trinajstić information content (AvgIpc) is 2.79. The van der Waals surface area contributed by atoms with Crippen LogP contribution in [0.15, 0.2) is 23.0 Å². The van der Waals surface area contributed by atoms with Crippen LogP contribution in [0, 0.1) is 0 Å². The molecule has 0 spiro atoms. The molecule has 5 heteroatoms. The third kappa shape index (κ3) is 3.05. The highest BCUT2D eigenvalue weighted by Crippen LogP contribution is 2.12. The number of aromatic amines is 2. The Morgan fingerprint density at radius 2 is 1.89 bits per heavy atom. The fourth-order valence-electron chi connectivity index (χ4n) is 2.68. The number of hydrogen-bond donors (Lipinski definition) is 3. The van der Waals surface area contributed by atoms with Crippen molar-refractivity contribution in [3.05, 3.63) is 34.2 Å². The van der Waals surface area contributed by atoms with E-state index in [1.54, 1.807) is 0 Å². The minimum Gasteiger partial charge on any atom is -0.314 e. The zero-order chi connectivity index (χ0) is 13.1. The molecule has 0 atom stereocenters. The van der Waals surface area contributed by atoms with E-state index < -0.39 is 0 Å². The number of rotatable bonds is 4. The second-order valence-electron chi connectivity index (χ2n) is 5.15. The number of aryl methyl sites for hydroxylation is 1. The molecule has 1 saturated heterocycles. The minimum atomic E-state index is -0.132. The van der Waals surface area contributed by atoms with Crippen LogP contribution < -0.4 is 11.0 Å². The van der Waals surface area contributed by atoms with E-state index in [0.29, 0.717) is 0 Å². The van der Waals surface area contributed by atoms with Crippen LogP contribution in [0.1, 0.15) is 12.0 Å². The van der Waals surface area contributed by atoms with E-state index in [4.69, 9.17) is 0 Å². The molecule has 0 saturated carbocycles. The van der Waals surface area contributed by atoms with E-state index in [0.717, 1.165) is 50.2 Å². The number of hydrogen-bond acceptors (Lipinski definition) is 3. The maximum absolute atomic E-state index is 11.2. The second kappa shape index (κ2) is 5.59. The molecule has 1 aliphatic rings. The van der Waals surface area contributed by atoms with Crippen molar-refractivity contribution in [1.82, 2.24) is 20.2 Å². The third-order valence-corrected chi connectivity index (χ3v) is 3.73. The Labute approximate surface area is 112 Å². The Balaban J connectivity index is 1.57. The summed E-state index contributed by atoms with van der Waals surface area (Å²) in [4.78, 5) is 19.3. The molecule has 0 amide bonds. The zero-order valence-electron chi connectivity index (χ0n) is 11.0. The molecule has 1 aliphatic heterocycles. The van der Waals surface area contributed by atoms with Crippen molar-refractivity contribution in [1.29, 1.82) is 0 Å². The first kappa shape index (κ1) is 12.4. The fourth-order valence-corrected chi connectivity index (χ4v) is 2.68. The van der Waals surface area contributed by atoms with Gasteiger partial charge in [-0.25, -0.2) is 4.79 Å². The van der Waals surface area contributed by atoms with Crippen LogP contribution in [-0.2, 0) is 6.42 Å². The highest BCUT2D eigenvalue weighted by atomic mass is 16.1. The predicted octanol–water partition coefficient (Wildman–Crippen LogP) is 0.694. The molecule has 2 heterocycles. The first-order valence-electron chi connectivity index (χ1n) is 6.95. The van der Waals surface area contributed by atoms with Crippen LogP contribution >= 0.6 is 0 Å². The Bertz CT molecular complexity index is 595. The number of benzene rings is 1. The van der Waals surface area contributed by atoms with Crippen LogP contribution in [0.4, 0.5) is 0 Å². The first-order valence-corrected chi connectivity index (χ1v) is 6.95. The molecule has 0 aliphatic carbocycles.